The average Bonchev–Trinajstić information content (AvgIpc) is 2.66. The van der Waals surface area contributed by atoms with E-state index in [9.17, 15) is 0 Å². The second-order valence-corrected chi connectivity index (χ2v) is 4.43. The van der Waals surface area contributed by atoms with Crippen molar-refractivity contribution in [3.05, 3.63) is 17.1 Å². The number of rotatable bonds is 2. The fourth-order valence-electron chi connectivity index (χ4n) is 1.82. The van der Waals surface area contributed by atoms with E-state index >= 15 is 0 Å². The van der Waals surface area contributed by atoms with Crippen LogP contribution in [0.3, 0.4) is 0 Å². The highest BCUT2D eigenvalue weighted by Crippen LogP contribution is 2.28. The predicted molar refractivity (Wildman–Crippen MR) is 58.5 cm³/mol. The van der Waals surface area contributed by atoms with E-state index in [-0.39, 0.29) is 0 Å². The second-order valence-electron chi connectivity index (χ2n) is 4.43. The molecule has 1 aromatic rings. The van der Waals surface area contributed by atoms with Gasteiger partial charge in [-0.3, -0.25) is 0 Å². The summed E-state index contributed by atoms with van der Waals surface area (Å²) in [5, 5.41) is 0. The Labute approximate surface area is 89.9 Å². The molecule has 1 aliphatic carbocycles. The number of methoxy groups -OCH3 is 1. The van der Waals surface area contributed by atoms with E-state index in [2.05, 4.69) is 9.97 Å². The SMILES string of the molecule is COC(C)(C)c1nc(N)c2c(n1)CCC2. The molecule has 4 nitrogen and oxygen atoms in total. The minimum absolute atomic E-state index is 0.467. The molecule has 0 radical (unpaired) electrons. The van der Waals surface area contributed by atoms with Crippen molar-refractivity contribution in [3.8, 4) is 0 Å². The molecule has 0 saturated heterocycles. The summed E-state index contributed by atoms with van der Waals surface area (Å²) in [4.78, 5) is 8.87. The van der Waals surface area contributed by atoms with Gasteiger partial charge in [0.15, 0.2) is 5.82 Å². The summed E-state index contributed by atoms with van der Waals surface area (Å²) >= 11 is 0. The zero-order valence-corrected chi connectivity index (χ0v) is 9.50. The molecular weight excluding hydrogens is 190 g/mol. The van der Waals surface area contributed by atoms with E-state index < -0.39 is 5.60 Å². The third-order valence-corrected chi connectivity index (χ3v) is 3.01. The number of nitrogen functional groups attached to an aromatic ring is 1. The zero-order chi connectivity index (χ0) is 11.1. The molecular formula is C11H17N3O. The van der Waals surface area contributed by atoms with Crippen molar-refractivity contribution in [2.24, 2.45) is 0 Å². The lowest BCUT2D eigenvalue weighted by Gasteiger charge is -2.22. The molecule has 0 amide bonds. The first-order valence-corrected chi connectivity index (χ1v) is 5.25. The Bertz CT molecular complexity index is 388. The van der Waals surface area contributed by atoms with Crippen LogP contribution >= 0.6 is 0 Å². The van der Waals surface area contributed by atoms with Crippen molar-refractivity contribution in [1.82, 2.24) is 9.97 Å². The number of ether oxygens (including phenoxy) is 1. The smallest absolute Gasteiger partial charge is 0.162 e. The first-order valence-electron chi connectivity index (χ1n) is 5.25. The Morgan fingerprint density at radius 1 is 1.27 bits per heavy atom. The molecule has 2 N–H and O–H groups in total. The largest absolute Gasteiger partial charge is 0.383 e. The van der Waals surface area contributed by atoms with Crippen LogP contribution < -0.4 is 5.73 Å². The number of anilines is 1. The van der Waals surface area contributed by atoms with Gasteiger partial charge in [0.05, 0.1) is 0 Å². The predicted octanol–water partition coefficient (Wildman–Crippen LogP) is 1.43. The summed E-state index contributed by atoms with van der Waals surface area (Å²) in [6.45, 7) is 3.90. The second kappa shape index (κ2) is 3.45. The van der Waals surface area contributed by atoms with Gasteiger partial charge in [0.2, 0.25) is 0 Å². The molecule has 0 atom stereocenters. The molecule has 0 bridgehead atoms. The van der Waals surface area contributed by atoms with Gasteiger partial charge in [0.1, 0.15) is 11.4 Å². The van der Waals surface area contributed by atoms with E-state index in [0.717, 1.165) is 30.5 Å². The van der Waals surface area contributed by atoms with Gasteiger partial charge in [0.25, 0.3) is 0 Å². The van der Waals surface area contributed by atoms with Crippen molar-refractivity contribution in [2.75, 3.05) is 12.8 Å². The van der Waals surface area contributed by atoms with Crippen LogP contribution in [0.25, 0.3) is 0 Å². The minimum atomic E-state index is -0.467. The molecule has 0 saturated carbocycles. The van der Waals surface area contributed by atoms with E-state index in [1.807, 2.05) is 13.8 Å². The highest BCUT2D eigenvalue weighted by atomic mass is 16.5. The fraction of sp³-hybridized carbons (Fsp3) is 0.636. The Balaban J connectivity index is 2.48. The molecule has 1 heterocycles. The highest BCUT2D eigenvalue weighted by Gasteiger charge is 2.27. The summed E-state index contributed by atoms with van der Waals surface area (Å²) < 4.78 is 5.36. The standard InChI is InChI=1S/C11H17N3O/c1-11(2,15-3)10-13-8-6-4-5-7(8)9(12)14-10/h4-6H2,1-3H3,(H2,12,13,14). The van der Waals surface area contributed by atoms with Gasteiger partial charge in [0, 0.05) is 18.4 Å². The molecule has 1 aliphatic rings. The number of nitrogens with two attached hydrogens (primary N) is 1. The number of hydrogen-bond acceptors (Lipinski definition) is 4. The zero-order valence-electron chi connectivity index (χ0n) is 9.50. The summed E-state index contributed by atoms with van der Waals surface area (Å²) in [7, 11) is 1.66. The molecule has 15 heavy (non-hydrogen) atoms. The molecule has 1 aromatic heterocycles. The summed E-state index contributed by atoms with van der Waals surface area (Å²) in [6, 6.07) is 0. The van der Waals surface area contributed by atoms with E-state index in [4.69, 9.17) is 10.5 Å². The number of nitrogens with zero attached hydrogens (tertiary/aromatic N) is 2. The molecule has 2 rings (SSSR count). The van der Waals surface area contributed by atoms with Crippen LogP contribution in [0.1, 0.15) is 37.4 Å². The lowest BCUT2D eigenvalue weighted by Crippen LogP contribution is -2.24. The Morgan fingerprint density at radius 2 is 2.00 bits per heavy atom. The maximum Gasteiger partial charge on any atom is 0.162 e. The van der Waals surface area contributed by atoms with Crippen LogP contribution in [0.4, 0.5) is 5.82 Å². The van der Waals surface area contributed by atoms with Gasteiger partial charge >= 0.3 is 0 Å². The van der Waals surface area contributed by atoms with Crippen molar-refractivity contribution in [2.45, 2.75) is 38.7 Å². The maximum absolute atomic E-state index is 5.92. The molecule has 0 unspecified atom stereocenters. The van der Waals surface area contributed by atoms with Gasteiger partial charge in [-0.2, -0.15) is 0 Å². The van der Waals surface area contributed by atoms with Crippen LogP contribution in [0.15, 0.2) is 0 Å². The third-order valence-electron chi connectivity index (χ3n) is 3.01. The number of aryl methyl sites for hydroxylation is 1. The normalized spacial score (nSPS) is 15.4. The lowest BCUT2D eigenvalue weighted by molar-refractivity contribution is 0.0114. The summed E-state index contributed by atoms with van der Waals surface area (Å²) in [5.74, 6) is 1.31. The Kier molecular flexibility index (Phi) is 2.38. The lowest BCUT2D eigenvalue weighted by atomic mass is 10.1. The van der Waals surface area contributed by atoms with E-state index in [0.29, 0.717) is 11.6 Å². The maximum atomic E-state index is 5.92. The number of aromatic nitrogens is 2. The number of fused-ring (bicyclic) bond motifs is 1. The Morgan fingerprint density at radius 3 is 2.67 bits per heavy atom. The first kappa shape index (κ1) is 10.4. The van der Waals surface area contributed by atoms with Gasteiger partial charge < -0.3 is 10.5 Å². The topological polar surface area (TPSA) is 61.0 Å². The summed E-state index contributed by atoms with van der Waals surface area (Å²) in [6.07, 6.45) is 3.15. The van der Waals surface area contributed by atoms with Crippen molar-refractivity contribution in [1.29, 1.82) is 0 Å². The van der Waals surface area contributed by atoms with Gasteiger partial charge in [-0.05, 0) is 33.1 Å². The van der Waals surface area contributed by atoms with Crippen LogP contribution in [-0.2, 0) is 23.2 Å². The molecule has 0 aliphatic heterocycles. The van der Waals surface area contributed by atoms with E-state index in [1.165, 1.54) is 0 Å². The summed E-state index contributed by atoms with van der Waals surface area (Å²) in [5.41, 5.74) is 7.68. The first-order chi connectivity index (χ1) is 7.04. The van der Waals surface area contributed by atoms with Gasteiger partial charge in [-0.1, -0.05) is 0 Å². The minimum Gasteiger partial charge on any atom is -0.383 e. The van der Waals surface area contributed by atoms with Crippen molar-refractivity contribution in [3.63, 3.8) is 0 Å². The van der Waals surface area contributed by atoms with Crippen LogP contribution in [0.2, 0.25) is 0 Å². The highest BCUT2D eigenvalue weighted by molar-refractivity contribution is 5.45. The van der Waals surface area contributed by atoms with Crippen molar-refractivity contribution < 1.29 is 4.74 Å². The molecule has 4 heteroatoms. The quantitative estimate of drug-likeness (QED) is 0.797. The van der Waals surface area contributed by atoms with Gasteiger partial charge in [-0.15, -0.1) is 0 Å². The monoisotopic (exact) mass is 207 g/mol. The molecule has 0 spiro atoms. The third kappa shape index (κ3) is 1.69. The number of hydrogen-bond donors (Lipinski definition) is 1. The molecule has 0 fully saturated rings. The van der Waals surface area contributed by atoms with Crippen LogP contribution in [0.5, 0.6) is 0 Å². The van der Waals surface area contributed by atoms with Crippen LogP contribution in [-0.4, -0.2) is 17.1 Å². The average molecular weight is 207 g/mol. The van der Waals surface area contributed by atoms with Crippen LogP contribution in [0, 0.1) is 0 Å². The Hall–Kier alpha value is -1.16. The van der Waals surface area contributed by atoms with Gasteiger partial charge in [-0.25, -0.2) is 9.97 Å². The van der Waals surface area contributed by atoms with E-state index in [1.54, 1.807) is 7.11 Å². The molecule has 0 aromatic carbocycles. The molecule has 82 valence electrons. The van der Waals surface area contributed by atoms with Crippen molar-refractivity contribution >= 4 is 5.82 Å². The fourth-order valence-corrected chi connectivity index (χ4v) is 1.82.